The van der Waals surface area contributed by atoms with Crippen LogP contribution in [0.3, 0.4) is 0 Å². The molecule has 1 fully saturated rings. The monoisotopic (exact) mass is 375 g/mol. The maximum atomic E-state index is 10.4. The van der Waals surface area contributed by atoms with E-state index in [0.717, 1.165) is 30.7 Å². The molecule has 3 aromatic carbocycles. The largest absolute Gasteiger partial charge is 0.507 e. The third-order valence-corrected chi connectivity index (χ3v) is 6.99. The Morgan fingerprint density at radius 1 is 0.963 bits per heavy atom. The van der Waals surface area contributed by atoms with Gasteiger partial charge in [-0.3, -0.25) is 0 Å². The van der Waals surface area contributed by atoms with Crippen molar-refractivity contribution in [3.8, 4) is 5.75 Å². The van der Waals surface area contributed by atoms with Crippen molar-refractivity contribution in [3.05, 3.63) is 71.2 Å². The number of benzene rings is 3. The van der Waals surface area contributed by atoms with E-state index < -0.39 is 0 Å². The van der Waals surface area contributed by atoms with E-state index in [1.165, 1.54) is 33.3 Å². The van der Waals surface area contributed by atoms with Gasteiger partial charge in [0.05, 0.1) is 33.9 Å². The molecule has 27 heavy (non-hydrogen) atoms. The van der Waals surface area contributed by atoms with Gasteiger partial charge in [-0.15, -0.1) is 11.3 Å². The summed E-state index contributed by atoms with van der Waals surface area (Å²) >= 11 is 1.85. The molecule has 0 unspecified atom stereocenters. The van der Waals surface area contributed by atoms with Crippen LogP contribution in [0.4, 0.5) is 0 Å². The predicted octanol–water partition coefficient (Wildman–Crippen LogP) is 4.12. The Labute approximate surface area is 162 Å². The average molecular weight is 376 g/mol. The number of thiazole rings is 1. The Bertz CT molecular complexity index is 1060. The molecule has 0 radical (unpaired) electrons. The number of likely N-dealkylation sites (tertiary alicyclic amines) is 1. The van der Waals surface area contributed by atoms with Crippen molar-refractivity contribution < 1.29 is 10.0 Å². The second kappa shape index (κ2) is 6.95. The van der Waals surface area contributed by atoms with Crippen LogP contribution in [0.1, 0.15) is 29.3 Å². The average Bonchev–Trinajstić information content (AvgIpc) is 3.15. The summed E-state index contributed by atoms with van der Waals surface area (Å²) < 4.78 is 1.29. The van der Waals surface area contributed by atoms with Gasteiger partial charge in [0.2, 0.25) is 0 Å². The first-order chi connectivity index (χ1) is 13.3. The highest BCUT2D eigenvalue weighted by Crippen LogP contribution is 2.32. The molecule has 4 heteroatoms. The van der Waals surface area contributed by atoms with Crippen molar-refractivity contribution in [3.63, 3.8) is 0 Å². The quantitative estimate of drug-likeness (QED) is 0.565. The van der Waals surface area contributed by atoms with Gasteiger partial charge >= 0.3 is 0 Å². The van der Waals surface area contributed by atoms with Crippen LogP contribution in [0.2, 0.25) is 0 Å². The summed E-state index contributed by atoms with van der Waals surface area (Å²) in [5.41, 5.74) is 2.22. The van der Waals surface area contributed by atoms with Crippen LogP contribution in [0.5, 0.6) is 5.75 Å². The highest BCUT2D eigenvalue weighted by atomic mass is 32.1. The molecule has 136 valence electrons. The van der Waals surface area contributed by atoms with Gasteiger partial charge in [-0.2, -0.15) is 0 Å². The van der Waals surface area contributed by atoms with Crippen LogP contribution < -0.4 is 4.90 Å². The molecule has 0 bridgehead atoms. The molecule has 2 N–H and O–H groups in total. The normalized spacial score (nSPS) is 20.3. The Balaban J connectivity index is 1.32. The Morgan fingerprint density at radius 2 is 1.74 bits per heavy atom. The summed E-state index contributed by atoms with van der Waals surface area (Å²) in [5, 5.41) is 14.1. The molecule has 0 atom stereocenters. The molecule has 1 aliphatic heterocycles. The van der Waals surface area contributed by atoms with E-state index in [-0.39, 0.29) is 0 Å². The van der Waals surface area contributed by atoms with Crippen molar-refractivity contribution in [2.45, 2.75) is 25.3 Å². The molecule has 1 aromatic heterocycles. The van der Waals surface area contributed by atoms with Gasteiger partial charge in [0.1, 0.15) is 12.3 Å². The number of aromatic nitrogens is 1. The highest BCUT2D eigenvalue weighted by Gasteiger charge is 2.26. The highest BCUT2D eigenvalue weighted by molar-refractivity contribution is 7.18. The fourth-order valence-corrected chi connectivity index (χ4v) is 5.41. The molecular weight excluding hydrogens is 352 g/mol. The fraction of sp³-hybridized carbons (Fsp3) is 0.261. The number of quaternary nitrogens is 1. The van der Waals surface area contributed by atoms with E-state index in [2.05, 4.69) is 48.5 Å². The van der Waals surface area contributed by atoms with Gasteiger partial charge in [-0.05, 0) is 29.0 Å². The molecule has 0 amide bonds. The fourth-order valence-electron chi connectivity index (χ4n) is 4.27. The standard InChI is InChI=1S/C23H22N2OS/c26-21-10-9-16-5-1-2-6-18(16)19(21)15-25-13-11-17(12-14-25)23-24-20-7-3-4-8-22(20)27-23/h1-10,17,26H,11-15H2/p+1. The first-order valence-electron chi connectivity index (χ1n) is 9.66. The number of nitrogens with zero attached hydrogens (tertiary/aromatic N) is 1. The van der Waals surface area contributed by atoms with E-state index in [0.29, 0.717) is 11.7 Å². The molecule has 3 nitrogen and oxygen atoms in total. The van der Waals surface area contributed by atoms with E-state index in [1.54, 1.807) is 4.90 Å². The van der Waals surface area contributed by atoms with E-state index in [4.69, 9.17) is 4.98 Å². The molecule has 1 saturated heterocycles. The number of fused-ring (bicyclic) bond motifs is 2. The minimum absolute atomic E-state index is 0.425. The van der Waals surface area contributed by atoms with Crippen LogP contribution in [0, 0.1) is 0 Å². The third-order valence-electron chi connectivity index (χ3n) is 5.80. The second-order valence-corrected chi connectivity index (χ2v) is 8.57. The lowest BCUT2D eigenvalue weighted by atomic mass is 9.96. The Kier molecular flexibility index (Phi) is 4.30. The van der Waals surface area contributed by atoms with Crippen molar-refractivity contribution in [2.24, 2.45) is 0 Å². The molecule has 0 spiro atoms. The number of hydrogen-bond donors (Lipinski definition) is 2. The molecule has 2 heterocycles. The van der Waals surface area contributed by atoms with Crippen molar-refractivity contribution in [1.82, 2.24) is 4.98 Å². The number of nitrogens with one attached hydrogen (secondary N) is 1. The summed E-state index contributed by atoms with van der Waals surface area (Å²) in [5.74, 6) is 1.00. The van der Waals surface area contributed by atoms with Crippen LogP contribution in [0.15, 0.2) is 60.7 Å². The lowest BCUT2D eigenvalue weighted by molar-refractivity contribution is -0.918. The van der Waals surface area contributed by atoms with Gasteiger partial charge in [-0.1, -0.05) is 42.5 Å². The molecule has 4 aromatic rings. The van der Waals surface area contributed by atoms with E-state index in [9.17, 15) is 5.11 Å². The minimum atomic E-state index is 0.425. The number of piperidine rings is 1. The van der Waals surface area contributed by atoms with Crippen LogP contribution in [0.25, 0.3) is 21.0 Å². The van der Waals surface area contributed by atoms with Gasteiger partial charge < -0.3 is 10.0 Å². The third kappa shape index (κ3) is 3.20. The van der Waals surface area contributed by atoms with Crippen LogP contribution in [-0.4, -0.2) is 23.2 Å². The molecule has 0 saturated carbocycles. The van der Waals surface area contributed by atoms with E-state index >= 15 is 0 Å². The molecule has 5 rings (SSSR count). The maximum absolute atomic E-state index is 10.4. The second-order valence-electron chi connectivity index (χ2n) is 7.51. The number of para-hydroxylation sites is 1. The number of rotatable bonds is 3. The van der Waals surface area contributed by atoms with Gasteiger partial charge in [0, 0.05) is 18.8 Å². The summed E-state index contributed by atoms with van der Waals surface area (Å²) in [6.07, 6.45) is 2.33. The number of hydrogen-bond acceptors (Lipinski definition) is 3. The van der Waals surface area contributed by atoms with Crippen molar-refractivity contribution in [2.75, 3.05) is 13.1 Å². The predicted molar refractivity (Wildman–Crippen MR) is 112 cm³/mol. The summed E-state index contributed by atoms with van der Waals surface area (Å²) in [7, 11) is 0. The topological polar surface area (TPSA) is 37.6 Å². The Morgan fingerprint density at radius 3 is 2.59 bits per heavy atom. The lowest BCUT2D eigenvalue weighted by Gasteiger charge is -2.28. The van der Waals surface area contributed by atoms with Crippen LogP contribution in [-0.2, 0) is 6.54 Å². The van der Waals surface area contributed by atoms with Gasteiger partial charge in [-0.25, -0.2) is 4.98 Å². The zero-order chi connectivity index (χ0) is 18.2. The zero-order valence-electron chi connectivity index (χ0n) is 15.2. The smallest absolute Gasteiger partial charge is 0.125 e. The van der Waals surface area contributed by atoms with Crippen molar-refractivity contribution >= 4 is 32.3 Å². The summed E-state index contributed by atoms with van der Waals surface area (Å²) in [4.78, 5) is 6.42. The molecular formula is C23H23N2OS+. The van der Waals surface area contributed by atoms with Crippen LogP contribution >= 0.6 is 11.3 Å². The van der Waals surface area contributed by atoms with Gasteiger partial charge in [0.15, 0.2) is 0 Å². The first kappa shape index (κ1) is 16.7. The minimum Gasteiger partial charge on any atom is -0.507 e. The Hall–Kier alpha value is -2.43. The lowest BCUT2D eigenvalue weighted by Crippen LogP contribution is -3.11. The SMILES string of the molecule is Oc1ccc2ccccc2c1C[NH+]1CCC(c2nc3ccccc3s2)CC1. The zero-order valence-corrected chi connectivity index (χ0v) is 16.0. The number of aromatic hydroxyl groups is 1. The van der Waals surface area contributed by atoms with Gasteiger partial charge in [0.25, 0.3) is 0 Å². The molecule has 1 aliphatic rings. The number of phenols is 1. The van der Waals surface area contributed by atoms with Crippen molar-refractivity contribution in [1.29, 1.82) is 0 Å². The first-order valence-corrected chi connectivity index (χ1v) is 10.5. The maximum Gasteiger partial charge on any atom is 0.125 e. The molecule has 0 aliphatic carbocycles. The summed E-state index contributed by atoms with van der Waals surface area (Å²) in [6.45, 7) is 3.15. The van der Waals surface area contributed by atoms with E-state index in [1.807, 2.05) is 23.5 Å². The summed E-state index contributed by atoms with van der Waals surface area (Å²) in [6, 6.07) is 20.6. The number of phenolic OH excluding ortho intramolecular Hbond substituents is 1.